The Labute approximate surface area is 64.5 Å². The van der Waals surface area contributed by atoms with E-state index in [0.717, 1.165) is 0 Å². The summed E-state index contributed by atoms with van der Waals surface area (Å²) in [5.41, 5.74) is 4.66. The van der Waals surface area contributed by atoms with Crippen molar-refractivity contribution < 1.29 is 17.8 Å². The molecule has 0 aromatic rings. The average molecular weight is 182 g/mol. The molecule has 0 spiro atoms. The molecule has 0 heterocycles. The summed E-state index contributed by atoms with van der Waals surface area (Å²) in [4.78, 5) is 10.1. The molecule has 0 aliphatic heterocycles. The minimum atomic E-state index is -4.07. The van der Waals surface area contributed by atoms with Crippen LogP contribution in [0.5, 0.6) is 0 Å². The third-order valence-electron chi connectivity index (χ3n) is 1.07. The highest BCUT2D eigenvalue weighted by Crippen LogP contribution is 1.93. The van der Waals surface area contributed by atoms with E-state index in [4.69, 9.17) is 4.55 Å². The van der Waals surface area contributed by atoms with E-state index in [2.05, 4.69) is 11.1 Å². The van der Waals surface area contributed by atoms with E-state index < -0.39 is 21.4 Å². The summed E-state index contributed by atoms with van der Waals surface area (Å²) in [6, 6.07) is -0.819. The van der Waals surface area contributed by atoms with Crippen molar-refractivity contribution in [1.29, 1.82) is 0 Å². The van der Waals surface area contributed by atoms with Gasteiger partial charge in [-0.2, -0.15) is 8.42 Å². The van der Waals surface area contributed by atoms with Crippen LogP contribution < -0.4 is 11.1 Å². The second kappa shape index (κ2) is 3.54. The van der Waals surface area contributed by atoms with Crippen LogP contribution in [-0.4, -0.2) is 30.8 Å². The number of hydrogen-bond donors (Lipinski definition) is 3. The van der Waals surface area contributed by atoms with Crippen LogP contribution >= 0.6 is 0 Å². The Kier molecular flexibility index (Phi) is 3.27. The lowest BCUT2D eigenvalue weighted by atomic mass is 10.5. The normalized spacial score (nSPS) is 14.0. The molecule has 66 valence electrons. The fourth-order valence-electron chi connectivity index (χ4n) is 0.350. The molecule has 6 nitrogen and oxygen atoms in total. The molecule has 0 bridgehead atoms. The highest BCUT2D eigenvalue weighted by molar-refractivity contribution is 7.86. The van der Waals surface area contributed by atoms with Crippen molar-refractivity contribution >= 4 is 16.1 Å². The zero-order valence-electron chi connectivity index (χ0n) is 5.94. The highest BCUT2D eigenvalue weighted by Gasteiger charge is 2.16. The monoisotopic (exact) mass is 182 g/mol. The number of rotatable bonds is 3. The summed E-state index contributed by atoms with van der Waals surface area (Å²) in [6.45, 7) is 1.07. The molecular weight excluding hydrogens is 172 g/mol. The summed E-state index contributed by atoms with van der Waals surface area (Å²) in [6.07, 6.45) is 0. The SMILES string of the molecule is CC(CNC(N)=O)S(=O)(=O)O. The van der Waals surface area contributed by atoms with Gasteiger partial charge in [0.1, 0.15) is 5.25 Å². The quantitative estimate of drug-likeness (QED) is 0.483. The molecular formula is C4H10N2O4S. The molecule has 1 atom stereocenters. The first-order valence-corrected chi connectivity index (χ1v) is 4.34. The van der Waals surface area contributed by atoms with Gasteiger partial charge in [-0.15, -0.1) is 0 Å². The van der Waals surface area contributed by atoms with Crippen molar-refractivity contribution in [3.63, 3.8) is 0 Å². The Morgan fingerprint density at radius 3 is 2.45 bits per heavy atom. The van der Waals surface area contributed by atoms with Gasteiger partial charge in [0.15, 0.2) is 0 Å². The number of carbonyl (C=O) groups excluding carboxylic acids is 1. The van der Waals surface area contributed by atoms with Crippen molar-refractivity contribution in [2.24, 2.45) is 5.73 Å². The van der Waals surface area contributed by atoms with E-state index in [0.29, 0.717) is 0 Å². The van der Waals surface area contributed by atoms with Crippen LogP contribution in [-0.2, 0) is 10.1 Å². The van der Waals surface area contributed by atoms with E-state index in [-0.39, 0.29) is 6.54 Å². The molecule has 11 heavy (non-hydrogen) atoms. The van der Waals surface area contributed by atoms with Gasteiger partial charge in [-0.3, -0.25) is 4.55 Å². The summed E-state index contributed by atoms with van der Waals surface area (Å²) >= 11 is 0. The predicted octanol–water partition coefficient (Wildman–Crippen LogP) is -1.07. The number of urea groups is 1. The van der Waals surface area contributed by atoms with E-state index in [9.17, 15) is 13.2 Å². The summed E-state index contributed by atoms with van der Waals surface area (Å²) < 4.78 is 29.0. The molecule has 0 aliphatic carbocycles. The molecule has 0 saturated heterocycles. The Bertz CT molecular complexity index is 234. The third kappa shape index (κ3) is 4.57. The van der Waals surface area contributed by atoms with Gasteiger partial charge < -0.3 is 11.1 Å². The molecule has 0 aliphatic rings. The molecule has 0 aromatic carbocycles. The fraction of sp³-hybridized carbons (Fsp3) is 0.750. The maximum absolute atomic E-state index is 10.3. The number of nitrogens with two attached hydrogens (primary N) is 1. The molecule has 2 amide bonds. The Hall–Kier alpha value is -0.820. The van der Waals surface area contributed by atoms with Crippen molar-refractivity contribution in [3.05, 3.63) is 0 Å². The number of amides is 2. The molecule has 4 N–H and O–H groups in total. The van der Waals surface area contributed by atoms with Gasteiger partial charge in [-0.1, -0.05) is 0 Å². The molecule has 0 fully saturated rings. The van der Waals surface area contributed by atoms with Crippen LogP contribution in [0.25, 0.3) is 0 Å². The summed E-state index contributed by atoms with van der Waals surface area (Å²) in [5, 5.41) is 1.02. The van der Waals surface area contributed by atoms with Gasteiger partial charge in [-0.05, 0) is 6.92 Å². The molecule has 0 rings (SSSR count). The summed E-state index contributed by atoms with van der Waals surface area (Å²) in [7, 11) is -4.07. The lowest BCUT2D eigenvalue weighted by Crippen LogP contribution is -2.37. The second-order valence-corrected chi connectivity index (χ2v) is 3.91. The van der Waals surface area contributed by atoms with Gasteiger partial charge in [0, 0.05) is 6.54 Å². The zero-order valence-corrected chi connectivity index (χ0v) is 6.76. The van der Waals surface area contributed by atoms with Crippen LogP contribution in [0.1, 0.15) is 6.92 Å². The van der Waals surface area contributed by atoms with Crippen molar-refractivity contribution in [3.8, 4) is 0 Å². The standard InChI is InChI=1S/C4H10N2O4S/c1-3(11(8,9)10)2-6-4(5)7/h3H,2H2,1H3,(H3,5,6,7)(H,8,9,10). The number of primary amides is 1. The Morgan fingerprint density at radius 2 is 2.18 bits per heavy atom. The third-order valence-corrected chi connectivity index (χ3v) is 2.26. The Morgan fingerprint density at radius 1 is 1.73 bits per heavy atom. The van der Waals surface area contributed by atoms with Crippen LogP contribution in [0.3, 0.4) is 0 Å². The largest absolute Gasteiger partial charge is 0.352 e. The molecule has 7 heteroatoms. The van der Waals surface area contributed by atoms with Crippen LogP contribution in [0.2, 0.25) is 0 Å². The van der Waals surface area contributed by atoms with Gasteiger partial charge in [-0.25, -0.2) is 4.79 Å². The van der Waals surface area contributed by atoms with Gasteiger partial charge in [0.2, 0.25) is 0 Å². The predicted molar refractivity (Wildman–Crippen MR) is 38.6 cm³/mol. The second-order valence-electron chi connectivity index (χ2n) is 2.07. The van der Waals surface area contributed by atoms with Crippen molar-refractivity contribution in [1.82, 2.24) is 5.32 Å². The minimum Gasteiger partial charge on any atom is -0.352 e. The molecule has 0 saturated carbocycles. The topological polar surface area (TPSA) is 109 Å². The number of nitrogens with one attached hydrogen (secondary N) is 1. The van der Waals surface area contributed by atoms with E-state index in [1.807, 2.05) is 0 Å². The first kappa shape index (κ1) is 10.2. The molecule has 0 radical (unpaired) electrons. The van der Waals surface area contributed by atoms with Crippen LogP contribution in [0.15, 0.2) is 0 Å². The maximum atomic E-state index is 10.3. The lowest BCUT2D eigenvalue weighted by molar-refractivity contribution is 0.249. The molecule has 0 aromatic heterocycles. The Balaban J connectivity index is 3.90. The minimum absolute atomic E-state index is 0.186. The first-order valence-electron chi connectivity index (χ1n) is 2.83. The van der Waals surface area contributed by atoms with Crippen molar-refractivity contribution in [2.45, 2.75) is 12.2 Å². The fourth-order valence-corrected chi connectivity index (χ4v) is 0.644. The average Bonchev–Trinajstić information content (AvgIpc) is 1.80. The smallest absolute Gasteiger partial charge is 0.312 e. The van der Waals surface area contributed by atoms with Gasteiger partial charge >= 0.3 is 6.03 Å². The maximum Gasteiger partial charge on any atom is 0.312 e. The number of carbonyl (C=O) groups is 1. The van der Waals surface area contributed by atoms with Crippen molar-refractivity contribution in [2.75, 3.05) is 6.54 Å². The van der Waals surface area contributed by atoms with E-state index >= 15 is 0 Å². The first-order chi connectivity index (χ1) is 4.84. The number of hydrogen-bond acceptors (Lipinski definition) is 3. The highest BCUT2D eigenvalue weighted by atomic mass is 32.2. The van der Waals surface area contributed by atoms with E-state index in [1.54, 1.807) is 0 Å². The van der Waals surface area contributed by atoms with Crippen LogP contribution in [0, 0.1) is 0 Å². The van der Waals surface area contributed by atoms with E-state index in [1.165, 1.54) is 6.92 Å². The molecule has 1 unspecified atom stereocenters. The van der Waals surface area contributed by atoms with Crippen LogP contribution in [0.4, 0.5) is 4.79 Å². The lowest BCUT2D eigenvalue weighted by Gasteiger charge is -2.06. The zero-order chi connectivity index (χ0) is 9.07. The summed E-state index contributed by atoms with van der Waals surface area (Å²) in [5.74, 6) is 0. The van der Waals surface area contributed by atoms with Gasteiger partial charge in [0.05, 0.1) is 0 Å². The van der Waals surface area contributed by atoms with Gasteiger partial charge in [0.25, 0.3) is 10.1 Å².